The second-order valence-corrected chi connectivity index (χ2v) is 7.19. The number of hydrogen-bond acceptors (Lipinski definition) is 4. The largest absolute Gasteiger partial charge is 0.398 e. The lowest BCUT2D eigenvalue weighted by Crippen LogP contribution is -2.41. The van der Waals surface area contributed by atoms with Crippen LogP contribution in [-0.4, -0.2) is 25.3 Å². The molecule has 1 aliphatic rings. The number of nitrogens with two attached hydrogens (primary N) is 1. The van der Waals surface area contributed by atoms with Crippen LogP contribution in [0.4, 0.5) is 5.69 Å². The Morgan fingerprint density at radius 1 is 1.50 bits per heavy atom. The minimum absolute atomic E-state index is 0.0991. The topological polar surface area (TPSA) is 63.4 Å². The third kappa shape index (κ3) is 2.09. The van der Waals surface area contributed by atoms with Gasteiger partial charge in [-0.1, -0.05) is 6.42 Å². The van der Waals surface area contributed by atoms with E-state index >= 15 is 0 Å². The Kier molecular flexibility index (Phi) is 3.23. The SMILES string of the molecule is CC1CCCCN1S(=O)(=O)c1cc(N)cs1. The fourth-order valence-electron chi connectivity index (χ4n) is 2.01. The van der Waals surface area contributed by atoms with Crippen LogP contribution in [0.5, 0.6) is 0 Å². The summed E-state index contributed by atoms with van der Waals surface area (Å²) in [7, 11) is -3.32. The molecule has 2 rings (SSSR count). The highest BCUT2D eigenvalue weighted by Gasteiger charge is 2.31. The van der Waals surface area contributed by atoms with Crippen molar-refractivity contribution in [3.63, 3.8) is 0 Å². The van der Waals surface area contributed by atoms with E-state index in [-0.39, 0.29) is 6.04 Å². The van der Waals surface area contributed by atoms with Crippen LogP contribution in [0, 0.1) is 0 Å². The van der Waals surface area contributed by atoms with E-state index in [9.17, 15) is 8.42 Å². The molecule has 1 fully saturated rings. The first kappa shape index (κ1) is 11.9. The van der Waals surface area contributed by atoms with Crippen molar-refractivity contribution in [2.45, 2.75) is 36.4 Å². The van der Waals surface area contributed by atoms with Gasteiger partial charge in [0.25, 0.3) is 10.0 Å². The Morgan fingerprint density at radius 2 is 2.25 bits per heavy atom. The molecule has 2 N–H and O–H groups in total. The van der Waals surface area contributed by atoms with Crippen LogP contribution >= 0.6 is 11.3 Å². The zero-order valence-electron chi connectivity index (χ0n) is 9.22. The highest BCUT2D eigenvalue weighted by molar-refractivity contribution is 7.91. The first-order valence-electron chi connectivity index (χ1n) is 5.37. The van der Waals surface area contributed by atoms with Crippen molar-refractivity contribution < 1.29 is 8.42 Å². The predicted octanol–water partition coefficient (Wildman–Crippen LogP) is 1.89. The van der Waals surface area contributed by atoms with Crippen molar-refractivity contribution in [3.05, 3.63) is 11.4 Å². The molecule has 1 aromatic heterocycles. The molecule has 6 heteroatoms. The lowest BCUT2D eigenvalue weighted by atomic mass is 10.1. The maximum absolute atomic E-state index is 12.3. The standard InChI is InChI=1S/C10H16N2O2S2/c1-8-4-2-3-5-12(8)16(13,14)10-6-9(11)7-15-10/h6-8H,2-5,11H2,1H3. The lowest BCUT2D eigenvalue weighted by Gasteiger charge is -2.31. The van der Waals surface area contributed by atoms with Gasteiger partial charge in [-0.15, -0.1) is 11.3 Å². The number of thiophene rings is 1. The van der Waals surface area contributed by atoms with Crippen molar-refractivity contribution in [1.82, 2.24) is 4.31 Å². The summed E-state index contributed by atoms with van der Waals surface area (Å²) in [5.74, 6) is 0. The van der Waals surface area contributed by atoms with Gasteiger partial charge in [-0.05, 0) is 25.8 Å². The van der Waals surface area contributed by atoms with E-state index in [2.05, 4.69) is 0 Å². The Labute approximate surface area is 100 Å². The molecule has 0 spiro atoms. The summed E-state index contributed by atoms with van der Waals surface area (Å²) in [5.41, 5.74) is 6.09. The number of piperidine rings is 1. The molecule has 1 aromatic rings. The summed E-state index contributed by atoms with van der Waals surface area (Å²) in [5, 5.41) is 1.67. The van der Waals surface area contributed by atoms with Gasteiger partial charge < -0.3 is 5.73 Å². The minimum Gasteiger partial charge on any atom is -0.398 e. The molecule has 0 aliphatic carbocycles. The molecule has 2 heterocycles. The van der Waals surface area contributed by atoms with Gasteiger partial charge in [0.15, 0.2) is 0 Å². The molecule has 90 valence electrons. The Hall–Kier alpha value is -0.590. The third-order valence-electron chi connectivity index (χ3n) is 2.90. The average molecular weight is 260 g/mol. The zero-order chi connectivity index (χ0) is 11.8. The van der Waals surface area contributed by atoms with Gasteiger partial charge in [-0.3, -0.25) is 0 Å². The van der Waals surface area contributed by atoms with Crippen molar-refractivity contribution in [3.8, 4) is 0 Å². The normalized spacial score (nSPS) is 23.4. The number of sulfonamides is 1. The molecule has 0 saturated carbocycles. The predicted molar refractivity (Wildman–Crippen MR) is 65.9 cm³/mol. The monoisotopic (exact) mass is 260 g/mol. The smallest absolute Gasteiger partial charge is 0.252 e. The molecule has 0 bridgehead atoms. The summed E-state index contributed by atoms with van der Waals surface area (Å²) < 4.78 is 26.5. The first-order valence-corrected chi connectivity index (χ1v) is 7.69. The fourth-order valence-corrected chi connectivity index (χ4v) is 4.92. The Bertz CT molecular complexity index is 467. The van der Waals surface area contributed by atoms with Gasteiger partial charge in [-0.2, -0.15) is 4.31 Å². The number of hydrogen-bond donors (Lipinski definition) is 1. The summed E-state index contributed by atoms with van der Waals surface area (Å²) in [4.78, 5) is 0. The zero-order valence-corrected chi connectivity index (χ0v) is 10.9. The van der Waals surface area contributed by atoms with E-state index in [1.807, 2.05) is 6.92 Å². The van der Waals surface area contributed by atoms with Crippen LogP contribution in [0.3, 0.4) is 0 Å². The summed E-state index contributed by atoms with van der Waals surface area (Å²) in [6, 6.07) is 1.64. The van der Waals surface area contributed by atoms with Gasteiger partial charge in [0.1, 0.15) is 4.21 Å². The van der Waals surface area contributed by atoms with Crippen LogP contribution < -0.4 is 5.73 Å². The highest BCUT2D eigenvalue weighted by atomic mass is 32.2. The van der Waals surface area contributed by atoms with Crippen LogP contribution in [0.15, 0.2) is 15.7 Å². The summed E-state index contributed by atoms with van der Waals surface area (Å²) >= 11 is 1.20. The number of nitrogen functional groups attached to an aromatic ring is 1. The maximum Gasteiger partial charge on any atom is 0.252 e. The van der Waals surface area contributed by atoms with E-state index in [0.29, 0.717) is 16.4 Å². The van der Waals surface area contributed by atoms with Crippen LogP contribution in [0.25, 0.3) is 0 Å². The molecule has 1 aliphatic heterocycles. The Morgan fingerprint density at radius 3 is 2.81 bits per heavy atom. The Balaban J connectivity index is 2.31. The first-order chi connectivity index (χ1) is 7.51. The van der Waals surface area contributed by atoms with Crippen LogP contribution in [0.2, 0.25) is 0 Å². The van der Waals surface area contributed by atoms with Crippen molar-refractivity contribution in [2.75, 3.05) is 12.3 Å². The molecule has 4 nitrogen and oxygen atoms in total. The van der Waals surface area contributed by atoms with Crippen molar-refractivity contribution in [1.29, 1.82) is 0 Å². The van der Waals surface area contributed by atoms with Crippen LogP contribution in [-0.2, 0) is 10.0 Å². The molecular weight excluding hydrogens is 244 g/mol. The summed E-state index contributed by atoms with van der Waals surface area (Å²) in [6.07, 6.45) is 3.00. The molecule has 16 heavy (non-hydrogen) atoms. The molecule has 1 atom stereocenters. The van der Waals surface area contributed by atoms with E-state index in [1.165, 1.54) is 11.3 Å². The minimum atomic E-state index is -3.32. The lowest BCUT2D eigenvalue weighted by molar-refractivity contribution is 0.269. The second kappa shape index (κ2) is 4.35. The number of nitrogens with zero attached hydrogens (tertiary/aromatic N) is 1. The van der Waals surface area contributed by atoms with Crippen LogP contribution in [0.1, 0.15) is 26.2 Å². The molecule has 0 amide bonds. The molecule has 0 aromatic carbocycles. The van der Waals surface area contributed by atoms with E-state index in [1.54, 1.807) is 15.8 Å². The van der Waals surface area contributed by atoms with Gasteiger partial charge in [0, 0.05) is 23.7 Å². The van der Waals surface area contributed by atoms with Crippen molar-refractivity contribution in [2.24, 2.45) is 0 Å². The quantitative estimate of drug-likeness (QED) is 0.883. The average Bonchev–Trinajstić information content (AvgIpc) is 2.66. The molecule has 1 unspecified atom stereocenters. The van der Waals surface area contributed by atoms with Gasteiger partial charge in [-0.25, -0.2) is 8.42 Å². The maximum atomic E-state index is 12.3. The van der Waals surface area contributed by atoms with Gasteiger partial charge in [0.05, 0.1) is 0 Å². The van der Waals surface area contributed by atoms with E-state index in [4.69, 9.17) is 5.73 Å². The number of anilines is 1. The van der Waals surface area contributed by atoms with Gasteiger partial charge >= 0.3 is 0 Å². The molecular formula is C10H16N2O2S2. The molecule has 1 saturated heterocycles. The van der Waals surface area contributed by atoms with E-state index in [0.717, 1.165) is 19.3 Å². The van der Waals surface area contributed by atoms with Gasteiger partial charge in [0.2, 0.25) is 0 Å². The highest BCUT2D eigenvalue weighted by Crippen LogP contribution is 2.29. The second-order valence-electron chi connectivity index (χ2n) is 4.16. The van der Waals surface area contributed by atoms with Crippen molar-refractivity contribution >= 4 is 27.0 Å². The summed E-state index contributed by atoms with van der Waals surface area (Å²) in [6.45, 7) is 2.59. The van der Waals surface area contributed by atoms with E-state index < -0.39 is 10.0 Å². The fraction of sp³-hybridized carbons (Fsp3) is 0.600. The third-order valence-corrected chi connectivity index (χ3v) is 6.35. The number of rotatable bonds is 2. The molecule has 0 radical (unpaired) electrons.